The molecule has 2 aliphatic heterocycles. The van der Waals surface area contributed by atoms with E-state index in [1.807, 2.05) is 25.1 Å². The molecule has 1 amide bonds. The van der Waals surface area contributed by atoms with Crippen LogP contribution in [0.5, 0.6) is 11.5 Å². The van der Waals surface area contributed by atoms with Crippen LogP contribution in [0.2, 0.25) is 0 Å². The number of ether oxygens (including phenoxy) is 3. The minimum atomic E-state index is -1.38. The second-order valence-electron chi connectivity index (χ2n) is 8.21. The van der Waals surface area contributed by atoms with Gasteiger partial charge in [0.2, 0.25) is 0 Å². The summed E-state index contributed by atoms with van der Waals surface area (Å²) in [5, 5.41) is 12.6. The Morgan fingerprint density at radius 3 is 2.68 bits per heavy atom. The molecule has 4 rings (SSSR count). The van der Waals surface area contributed by atoms with Gasteiger partial charge in [-0.3, -0.25) is 4.79 Å². The summed E-state index contributed by atoms with van der Waals surface area (Å²) in [6, 6.07) is 13.0. The number of aliphatic carboxylic acids is 1. The minimum Gasteiger partial charge on any atom is -0.493 e. The van der Waals surface area contributed by atoms with Crippen LogP contribution in [-0.4, -0.2) is 48.4 Å². The smallest absolute Gasteiger partial charge is 0.332 e. The number of carbonyl (C=O) groups is 2. The van der Waals surface area contributed by atoms with E-state index >= 15 is 0 Å². The SMILES string of the molecule is COc1ccc(C(=O)N[C@@]2(C(=O)O)C[C@@H]3CC[C@H]2O3)cc1OCCc1cccc(C)c1. The highest BCUT2D eigenvalue weighted by Crippen LogP contribution is 2.42. The predicted molar refractivity (Wildman–Crippen MR) is 114 cm³/mol. The van der Waals surface area contributed by atoms with Gasteiger partial charge in [0.25, 0.3) is 5.91 Å². The molecule has 0 unspecified atom stereocenters. The zero-order valence-corrected chi connectivity index (χ0v) is 17.7. The number of hydrogen-bond donors (Lipinski definition) is 2. The molecule has 2 aromatic rings. The van der Waals surface area contributed by atoms with Gasteiger partial charge in [-0.2, -0.15) is 0 Å². The summed E-state index contributed by atoms with van der Waals surface area (Å²) in [4.78, 5) is 25.0. The van der Waals surface area contributed by atoms with Crippen molar-refractivity contribution in [2.24, 2.45) is 0 Å². The van der Waals surface area contributed by atoms with Crippen molar-refractivity contribution < 1.29 is 28.9 Å². The third kappa shape index (κ3) is 4.23. The van der Waals surface area contributed by atoms with Crippen LogP contribution in [0.1, 0.15) is 40.7 Å². The molecule has 2 fully saturated rings. The van der Waals surface area contributed by atoms with Gasteiger partial charge < -0.3 is 24.6 Å². The number of aryl methyl sites for hydroxylation is 1. The van der Waals surface area contributed by atoms with E-state index in [2.05, 4.69) is 11.4 Å². The lowest BCUT2D eigenvalue weighted by molar-refractivity contribution is -0.146. The van der Waals surface area contributed by atoms with Crippen molar-refractivity contribution in [1.29, 1.82) is 0 Å². The molecule has 3 atom stereocenters. The maximum absolute atomic E-state index is 12.9. The van der Waals surface area contributed by atoms with Gasteiger partial charge in [0.15, 0.2) is 17.0 Å². The number of amides is 1. The highest BCUT2D eigenvalue weighted by atomic mass is 16.5. The number of carboxylic acid groups (broad SMARTS) is 1. The molecule has 7 heteroatoms. The Kier molecular flexibility index (Phi) is 5.87. The molecule has 7 nitrogen and oxygen atoms in total. The van der Waals surface area contributed by atoms with Crippen molar-refractivity contribution in [2.45, 2.75) is 50.4 Å². The number of rotatable bonds is 8. The minimum absolute atomic E-state index is 0.113. The number of carboxylic acids is 1. The van der Waals surface area contributed by atoms with Crippen molar-refractivity contribution in [3.63, 3.8) is 0 Å². The van der Waals surface area contributed by atoms with Gasteiger partial charge in [0.1, 0.15) is 0 Å². The predicted octanol–water partition coefficient (Wildman–Crippen LogP) is 3.13. The maximum atomic E-state index is 12.9. The number of benzene rings is 2. The van der Waals surface area contributed by atoms with Crippen LogP contribution in [0.25, 0.3) is 0 Å². The molecule has 2 aliphatic rings. The Balaban J connectivity index is 1.47. The zero-order valence-electron chi connectivity index (χ0n) is 17.7. The summed E-state index contributed by atoms with van der Waals surface area (Å²) < 4.78 is 17.0. The van der Waals surface area contributed by atoms with Crippen LogP contribution in [-0.2, 0) is 16.0 Å². The molecule has 0 aliphatic carbocycles. The molecule has 164 valence electrons. The number of fused-ring (bicyclic) bond motifs is 2. The summed E-state index contributed by atoms with van der Waals surface area (Å²) in [7, 11) is 1.54. The molecule has 31 heavy (non-hydrogen) atoms. The van der Waals surface area contributed by atoms with Crippen molar-refractivity contribution in [3.8, 4) is 11.5 Å². The van der Waals surface area contributed by atoms with E-state index < -0.39 is 23.5 Å². The fourth-order valence-corrected chi connectivity index (χ4v) is 4.47. The first-order valence-corrected chi connectivity index (χ1v) is 10.5. The molecular formula is C24H27NO6. The Bertz CT molecular complexity index is 990. The van der Waals surface area contributed by atoms with Crippen LogP contribution >= 0.6 is 0 Å². The molecule has 0 spiro atoms. The molecule has 2 saturated heterocycles. The topological polar surface area (TPSA) is 94.1 Å². The molecule has 2 bridgehead atoms. The number of hydrogen-bond acceptors (Lipinski definition) is 5. The van der Waals surface area contributed by atoms with E-state index in [0.717, 1.165) is 12.0 Å². The lowest BCUT2D eigenvalue weighted by Gasteiger charge is -2.31. The lowest BCUT2D eigenvalue weighted by atomic mass is 9.81. The van der Waals surface area contributed by atoms with Gasteiger partial charge in [-0.25, -0.2) is 4.79 Å². The van der Waals surface area contributed by atoms with Gasteiger partial charge in [0, 0.05) is 18.4 Å². The van der Waals surface area contributed by atoms with Gasteiger partial charge in [-0.1, -0.05) is 29.8 Å². The average Bonchev–Trinajstić information content (AvgIpc) is 3.35. The first-order chi connectivity index (χ1) is 14.9. The second-order valence-corrected chi connectivity index (χ2v) is 8.21. The van der Waals surface area contributed by atoms with E-state index in [1.54, 1.807) is 18.2 Å². The second kappa shape index (κ2) is 8.59. The first kappa shape index (κ1) is 21.2. The summed E-state index contributed by atoms with van der Waals surface area (Å²) in [5.74, 6) is -0.575. The Labute approximate surface area is 181 Å². The highest BCUT2D eigenvalue weighted by molar-refractivity contribution is 5.98. The molecule has 2 heterocycles. The summed E-state index contributed by atoms with van der Waals surface area (Å²) in [5.41, 5.74) is 1.28. The summed E-state index contributed by atoms with van der Waals surface area (Å²) in [6.07, 6.45) is 1.85. The van der Waals surface area contributed by atoms with Crippen LogP contribution < -0.4 is 14.8 Å². The van der Waals surface area contributed by atoms with E-state index in [9.17, 15) is 14.7 Å². The van der Waals surface area contributed by atoms with Crippen molar-refractivity contribution in [2.75, 3.05) is 13.7 Å². The largest absolute Gasteiger partial charge is 0.493 e. The third-order valence-corrected chi connectivity index (χ3v) is 6.08. The van der Waals surface area contributed by atoms with Gasteiger partial charge >= 0.3 is 5.97 Å². The van der Waals surface area contributed by atoms with Crippen LogP contribution in [0.3, 0.4) is 0 Å². The average molecular weight is 425 g/mol. The van der Waals surface area contributed by atoms with Gasteiger partial charge in [-0.05, 0) is 43.5 Å². The third-order valence-electron chi connectivity index (χ3n) is 6.08. The fourth-order valence-electron chi connectivity index (χ4n) is 4.47. The Hall–Kier alpha value is -3.06. The molecule has 0 radical (unpaired) electrons. The summed E-state index contributed by atoms with van der Waals surface area (Å²) >= 11 is 0. The van der Waals surface area contributed by atoms with Crippen molar-refractivity contribution in [1.82, 2.24) is 5.32 Å². The quantitative estimate of drug-likeness (QED) is 0.675. The van der Waals surface area contributed by atoms with Crippen molar-refractivity contribution >= 4 is 11.9 Å². The molecule has 2 N–H and O–H groups in total. The Morgan fingerprint density at radius 1 is 1.19 bits per heavy atom. The molecule has 2 aromatic carbocycles. The van der Waals surface area contributed by atoms with Crippen LogP contribution in [0.15, 0.2) is 42.5 Å². The van der Waals surface area contributed by atoms with Crippen LogP contribution in [0.4, 0.5) is 0 Å². The molecule has 0 saturated carbocycles. The van der Waals surface area contributed by atoms with Crippen molar-refractivity contribution in [3.05, 3.63) is 59.2 Å². The Morgan fingerprint density at radius 2 is 2.03 bits per heavy atom. The highest BCUT2D eigenvalue weighted by Gasteiger charge is 2.58. The number of methoxy groups -OCH3 is 1. The standard InChI is InChI=1S/C24H27NO6/c1-15-4-3-5-16(12-15)10-11-30-20-13-17(6-8-19(20)29-2)22(26)25-24(23(27)28)14-18-7-9-21(24)31-18/h3-6,8,12-13,18,21H,7,9-11,14H2,1-2H3,(H,25,26)(H,27,28)/t18-,21+,24-/m0/s1. The van der Waals surface area contributed by atoms with Crippen LogP contribution in [0, 0.1) is 6.92 Å². The number of carbonyl (C=O) groups excluding carboxylic acids is 1. The normalized spacial score (nSPS) is 24.1. The van der Waals surface area contributed by atoms with E-state index in [0.29, 0.717) is 36.5 Å². The van der Waals surface area contributed by atoms with Gasteiger partial charge in [-0.15, -0.1) is 0 Å². The first-order valence-electron chi connectivity index (χ1n) is 10.5. The summed E-state index contributed by atoms with van der Waals surface area (Å²) in [6.45, 7) is 2.46. The molecular weight excluding hydrogens is 398 g/mol. The maximum Gasteiger partial charge on any atom is 0.332 e. The van der Waals surface area contributed by atoms with E-state index in [1.165, 1.54) is 12.7 Å². The fraction of sp³-hybridized carbons (Fsp3) is 0.417. The molecule has 0 aromatic heterocycles. The van der Waals surface area contributed by atoms with E-state index in [4.69, 9.17) is 14.2 Å². The lowest BCUT2D eigenvalue weighted by Crippen LogP contribution is -2.60. The number of nitrogens with one attached hydrogen (secondary N) is 1. The monoisotopic (exact) mass is 425 g/mol. The van der Waals surface area contributed by atoms with E-state index in [-0.39, 0.29) is 12.5 Å². The van der Waals surface area contributed by atoms with Gasteiger partial charge in [0.05, 0.1) is 25.9 Å². The zero-order chi connectivity index (χ0) is 22.0.